The summed E-state index contributed by atoms with van der Waals surface area (Å²) in [5.41, 5.74) is 0. The van der Waals surface area contributed by atoms with Crippen LogP contribution in [0.5, 0.6) is 0 Å². The number of nitrogens with two attached hydrogens (primary N) is 1. The molecule has 0 aliphatic heterocycles. The lowest BCUT2D eigenvalue weighted by Crippen LogP contribution is -2.93. The molecule has 0 radical (unpaired) electrons. The van der Waals surface area contributed by atoms with Gasteiger partial charge in [0, 0.05) is 0 Å². The van der Waals surface area contributed by atoms with E-state index in [9.17, 15) is 16.8 Å². The highest BCUT2D eigenvalue weighted by atomic mass is 32.2. The predicted molar refractivity (Wildman–Crippen MR) is 61.1 cm³/mol. The van der Waals surface area contributed by atoms with Crippen LogP contribution in [0.25, 0.3) is 0 Å². The van der Waals surface area contributed by atoms with Gasteiger partial charge in [0.1, 0.15) is 16.0 Å². The van der Waals surface area contributed by atoms with Gasteiger partial charge >= 0.3 is 0 Å². The quantitative estimate of drug-likeness (QED) is 0.662. The van der Waals surface area contributed by atoms with Gasteiger partial charge < -0.3 is 0 Å². The molecule has 0 atom stereocenters. The molecule has 0 aromatic rings. The molecule has 6 nitrogen and oxygen atoms in total. The molecule has 0 aromatic carbocycles. The second-order valence-electron chi connectivity index (χ2n) is 5.26. The summed E-state index contributed by atoms with van der Waals surface area (Å²) in [6, 6.07) is 0. The van der Waals surface area contributed by atoms with E-state index >= 15 is 0 Å². The molecule has 0 aliphatic rings. The zero-order valence-electron chi connectivity index (χ0n) is 10.2. The summed E-state index contributed by atoms with van der Waals surface area (Å²) in [7, 11) is -7.76. The summed E-state index contributed by atoms with van der Waals surface area (Å²) in [5.74, 6) is 0. The van der Waals surface area contributed by atoms with Crippen LogP contribution in [-0.2, 0) is 20.1 Å². The summed E-state index contributed by atoms with van der Waals surface area (Å²) in [4.78, 5) is 0. The molecule has 0 aromatic heterocycles. The van der Waals surface area contributed by atoms with Gasteiger partial charge in [-0.3, -0.25) is 4.55 Å². The van der Waals surface area contributed by atoms with Crippen LogP contribution in [0.3, 0.4) is 0 Å². The molecule has 0 heterocycles. The Morgan fingerprint density at radius 2 is 1.38 bits per heavy atom. The topological polar surface area (TPSA) is 105 Å². The van der Waals surface area contributed by atoms with Crippen LogP contribution in [0, 0.1) is 0 Å². The van der Waals surface area contributed by atoms with Gasteiger partial charge in [0.05, 0.1) is 0 Å². The number of quaternary nitrogens is 1. The molecule has 8 heteroatoms. The van der Waals surface area contributed by atoms with Crippen LogP contribution in [0.2, 0.25) is 0 Å². The van der Waals surface area contributed by atoms with E-state index in [2.05, 4.69) is 0 Å². The van der Waals surface area contributed by atoms with Crippen molar-refractivity contribution in [3.63, 3.8) is 0 Å². The third kappa shape index (κ3) is 3.69. The summed E-state index contributed by atoms with van der Waals surface area (Å²) in [6.07, 6.45) is 0. The fraction of sp³-hybridized carbons (Fsp3) is 1.00. The zero-order valence-corrected chi connectivity index (χ0v) is 11.8. The molecule has 0 saturated carbocycles. The third-order valence-electron chi connectivity index (χ3n) is 2.35. The van der Waals surface area contributed by atoms with Crippen molar-refractivity contribution in [3.8, 4) is 0 Å². The maximum atomic E-state index is 11.7. The zero-order chi connectivity index (χ0) is 13.4. The Morgan fingerprint density at radius 3 is 1.62 bits per heavy atom. The lowest BCUT2D eigenvalue weighted by molar-refractivity contribution is -0.502. The van der Waals surface area contributed by atoms with Crippen molar-refractivity contribution in [3.05, 3.63) is 0 Å². The monoisotopic (exact) mass is 274 g/mol. The fourth-order valence-electron chi connectivity index (χ4n) is 0.666. The second kappa shape index (κ2) is 4.25. The van der Waals surface area contributed by atoms with Crippen LogP contribution in [0.15, 0.2) is 0 Å². The van der Waals surface area contributed by atoms with Gasteiger partial charge in [-0.15, -0.1) is 0 Å². The molecular weight excluding hydrogens is 254 g/mol. The Balaban J connectivity index is 4.87. The molecule has 0 aliphatic carbocycles. The lowest BCUT2D eigenvalue weighted by atomic mass is 10.2. The number of hydrogen-bond acceptors (Lipinski definition) is 4. The van der Waals surface area contributed by atoms with Crippen molar-refractivity contribution in [2.24, 2.45) is 0 Å². The van der Waals surface area contributed by atoms with Crippen molar-refractivity contribution in [1.29, 1.82) is 0 Å². The van der Waals surface area contributed by atoms with Gasteiger partial charge in [-0.1, -0.05) is 0 Å². The van der Waals surface area contributed by atoms with Crippen LogP contribution >= 0.6 is 0 Å². The second-order valence-corrected chi connectivity index (χ2v) is 9.97. The Hall–Kier alpha value is -0.180. The first-order valence-electron chi connectivity index (χ1n) is 4.75. The highest BCUT2D eigenvalue weighted by Gasteiger charge is 2.39. The Morgan fingerprint density at radius 1 is 1.00 bits per heavy atom. The van der Waals surface area contributed by atoms with Gasteiger partial charge in [0.25, 0.3) is 20.1 Å². The summed E-state index contributed by atoms with van der Waals surface area (Å²) >= 11 is 0. The van der Waals surface area contributed by atoms with E-state index in [0.717, 1.165) is 4.72 Å². The Bertz CT molecular complexity index is 441. The molecule has 0 amide bonds. The van der Waals surface area contributed by atoms with E-state index < -0.39 is 29.6 Å². The third-order valence-corrected chi connectivity index (χ3v) is 6.22. The number of rotatable bonds is 4. The van der Waals surface area contributed by atoms with E-state index in [4.69, 9.17) is 4.55 Å². The number of hydrogen-bond donors (Lipinski definition) is 2. The molecule has 0 fully saturated rings. The highest BCUT2D eigenvalue weighted by molar-refractivity contribution is 7.87. The highest BCUT2D eigenvalue weighted by Crippen LogP contribution is 2.13. The molecule has 0 rings (SSSR count). The number of primary sulfonamides is 1. The normalized spacial score (nSPS) is 15.1. The SMILES string of the molecule is CC(C)(C[NH2+]S(=O)(=O)C(C)(C)C)S(=O)(=O)O. The summed E-state index contributed by atoms with van der Waals surface area (Å²) in [6.45, 7) is 6.89. The predicted octanol–water partition coefficient (Wildman–Crippen LogP) is -0.655. The van der Waals surface area contributed by atoms with Crippen LogP contribution < -0.4 is 4.72 Å². The van der Waals surface area contributed by atoms with Gasteiger partial charge in [-0.05, 0) is 34.6 Å². The van der Waals surface area contributed by atoms with E-state index in [1.165, 1.54) is 34.6 Å². The van der Waals surface area contributed by atoms with Crippen molar-refractivity contribution in [2.45, 2.75) is 44.1 Å². The minimum atomic E-state index is -4.27. The molecule has 0 saturated heterocycles. The van der Waals surface area contributed by atoms with Crippen LogP contribution in [0.4, 0.5) is 0 Å². The van der Waals surface area contributed by atoms with Crippen molar-refractivity contribution >= 4 is 20.1 Å². The average Bonchev–Trinajstić information content (AvgIpc) is 1.97. The number of sulfonamides is 1. The lowest BCUT2D eigenvalue weighted by Gasteiger charge is -2.22. The molecule has 0 unspecified atom stereocenters. The fourth-order valence-corrected chi connectivity index (χ4v) is 2.20. The largest absolute Gasteiger partial charge is 0.298 e. The van der Waals surface area contributed by atoms with Crippen molar-refractivity contribution in [1.82, 2.24) is 0 Å². The van der Waals surface area contributed by atoms with Crippen LogP contribution in [-0.4, -0.2) is 37.4 Å². The van der Waals surface area contributed by atoms with Gasteiger partial charge in [-0.25, -0.2) is 4.72 Å². The van der Waals surface area contributed by atoms with E-state index in [1.807, 2.05) is 0 Å². The standard InChI is InChI=1S/C8H19NO5S2/c1-7(2,3)15(10,11)9-6-8(4,5)16(12,13)14/h9H,6H2,1-5H3,(H,12,13,14)/p+1. The van der Waals surface area contributed by atoms with Gasteiger partial charge in [0.15, 0.2) is 0 Å². The van der Waals surface area contributed by atoms with Crippen LogP contribution in [0.1, 0.15) is 34.6 Å². The molecule has 0 bridgehead atoms. The Kier molecular flexibility index (Phi) is 4.20. The molecule has 98 valence electrons. The Labute approximate surface area is 97.2 Å². The smallest absolute Gasteiger partial charge is 0.285 e. The summed E-state index contributed by atoms with van der Waals surface area (Å²) in [5, 5.41) is 0. The van der Waals surface area contributed by atoms with Crippen molar-refractivity contribution < 1.29 is 26.1 Å². The minimum absolute atomic E-state index is 0.245. The molecule has 3 N–H and O–H groups in total. The molecular formula is C8H20NO5S2+. The molecule has 0 spiro atoms. The van der Waals surface area contributed by atoms with Gasteiger partial charge in [-0.2, -0.15) is 16.8 Å². The van der Waals surface area contributed by atoms with E-state index in [1.54, 1.807) is 0 Å². The first-order valence-corrected chi connectivity index (χ1v) is 7.74. The minimum Gasteiger partial charge on any atom is -0.285 e. The average molecular weight is 274 g/mol. The first kappa shape index (κ1) is 15.8. The molecule has 16 heavy (non-hydrogen) atoms. The van der Waals surface area contributed by atoms with E-state index in [0.29, 0.717) is 0 Å². The first-order chi connectivity index (χ1) is 6.71. The maximum Gasteiger partial charge on any atom is 0.298 e. The van der Waals surface area contributed by atoms with Crippen molar-refractivity contribution in [2.75, 3.05) is 6.54 Å². The maximum absolute atomic E-state index is 11.7. The van der Waals surface area contributed by atoms with Gasteiger partial charge in [0.2, 0.25) is 0 Å². The van der Waals surface area contributed by atoms with E-state index in [-0.39, 0.29) is 6.54 Å². The summed E-state index contributed by atoms with van der Waals surface area (Å²) < 4.78 is 52.7.